The number of rotatable bonds is 5. The maximum atomic E-state index is 12.4. The number of pyridine rings is 1. The Morgan fingerprint density at radius 1 is 1.21 bits per heavy atom. The predicted octanol–water partition coefficient (Wildman–Crippen LogP) is 3.82. The standard InChI is InChI=1S/C18H20ClN3O2/c1-4-12(3)21-17(23)13-7-8-20-16(9-13)18(24)22-15-10-14(19)6-5-11(15)2/h5-10,12H,4H2,1-3H3,(H,21,23)(H,22,24). The number of hydrogen-bond acceptors (Lipinski definition) is 3. The van der Waals surface area contributed by atoms with E-state index in [0.717, 1.165) is 12.0 Å². The van der Waals surface area contributed by atoms with E-state index in [2.05, 4.69) is 15.6 Å². The Balaban J connectivity index is 2.17. The summed E-state index contributed by atoms with van der Waals surface area (Å²) in [6.45, 7) is 5.79. The molecule has 2 rings (SSSR count). The minimum atomic E-state index is -0.390. The van der Waals surface area contributed by atoms with Gasteiger partial charge in [0, 0.05) is 28.5 Å². The quantitative estimate of drug-likeness (QED) is 0.865. The molecule has 0 aliphatic heterocycles. The Hall–Kier alpha value is -2.40. The summed E-state index contributed by atoms with van der Waals surface area (Å²) in [6.07, 6.45) is 2.28. The fraction of sp³-hybridized carbons (Fsp3) is 0.278. The topological polar surface area (TPSA) is 71.1 Å². The van der Waals surface area contributed by atoms with Gasteiger partial charge in [0.25, 0.3) is 11.8 Å². The smallest absolute Gasteiger partial charge is 0.274 e. The van der Waals surface area contributed by atoms with Crippen molar-refractivity contribution in [1.82, 2.24) is 10.3 Å². The minimum absolute atomic E-state index is 0.0667. The van der Waals surface area contributed by atoms with Crippen molar-refractivity contribution in [3.63, 3.8) is 0 Å². The van der Waals surface area contributed by atoms with Crippen LogP contribution in [0.4, 0.5) is 5.69 Å². The Labute approximate surface area is 146 Å². The monoisotopic (exact) mass is 345 g/mol. The first-order valence-corrected chi connectivity index (χ1v) is 8.13. The van der Waals surface area contributed by atoms with Crippen molar-refractivity contribution in [2.45, 2.75) is 33.2 Å². The second-order valence-corrected chi connectivity index (χ2v) is 6.06. The van der Waals surface area contributed by atoms with Gasteiger partial charge in [-0.2, -0.15) is 0 Å². The van der Waals surface area contributed by atoms with Crippen molar-refractivity contribution in [3.8, 4) is 0 Å². The fourth-order valence-electron chi connectivity index (χ4n) is 2.02. The second-order valence-electron chi connectivity index (χ2n) is 5.63. The van der Waals surface area contributed by atoms with Crippen LogP contribution in [-0.4, -0.2) is 22.8 Å². The van der Waals surface area contributed by atoms with Crippen molar-refractivity contribution in [3.05, 3.63) is 58.4 Å². The zero-order chi connectivity index (χ0) is 17.7. The third kappa shape index (κ3) is 4.55. The van der Waals surface area contributed by atoms with Gasteiger partial charge in [0.15, 0.2) is 0 Å². The van der Waals surface area contributed by atoms with Gasteiger partial charge in [-0.15, -0.1) is 0 Å². The molecular weight excluding hydrogens is 326 g/mol. The summed E-state index contributed by atoms with van der Waals surface area (Å²) in [6, 6.07) is 8.38. The van der Waals surface area contributed by atoms with Crippen LogP contribution in [0.2, 0.25) is 5.02 Å². The number of aryl methyl sites for hydroxylation is 1. The van der Waals surface area contributed by atoms with Crippen molar-refractivity contribution >= 4 is 29.1 Å². The van der Waals surface area contributed by atoms with E-state index in [1.807, 2.05) is 26.8 Å². The summed E-state index contributed by atoms with van der Waals surface area (Å²) < 4.78 is 0. The Morgan fingerprint density at radius 3 is 2.67 bits per heavy atom. The highest BCUT2D eigenvalue weighted by atomic mass is 35.5. The summed E-state index contributed by atoms with van der Waals surface area (Å²) in [7, 11) is 0. The first kappa shape index (κ1) is 17.9. The van der Waals surface area contributed by atoms with Crippen molar-refractivity contribution in [2.75, 3.05) is 5.32 Å². The Bertz CT molecular complexity index is 762. The van der Waals surface area contributed by atoms with Gasteiger partial charge in [-0.1, -0.05) is 24.6 Å². The molecule has 1 aromatic heterocycles. The van der Waals surface area contributed by atoms with Crippen LogP contribution >= 0.6 is 11.6 Å². The van der Waals surface area contributed by atoms with E-state index < -0.39 is 5.91 Å². The average Bonchev–Trinajstić information content (AvgIpc) is 2.58. The number of benzene rings is 1. The van der Waals surface area contributed by atoms with Crippen molar-refractivity contribution in [2.24, 2.45) is 0 Å². The number of anilines is 1. The summed E-state index contributed by atoms with van der Waals surface area (Å²) in [5.41, 5.74) is 2.08. The van der Waals surface area contributed by atoms with Crippen LogP contribution in [0.5, 0.6) is 0 Å². The zero-order valence-corrected chi connectivity index (χ0v) is 14.6. The van der Waals surface area contributed by atoms with E-state index in [-0.39, 0.29) is 17.6 Å². The number of carbonyl (C=O) groups excluding carboxylic acids is 2. The lowest BCUT2D eigenvalue weighted by Crippen LogP contribution is -2.32. The minimum Gasteiger partial charge on any atom is -0.350 e. The van der Waals surface area contributed by atoms with E-state index >= 15 is 0 Å². The number of nitrogens with one attached hydrogen (secondary N) is 2. The normalized spacial score (nSPS) is 11.7. The molecule has 1 aromatic carbocycles. The summed E-state index contributed by atoms with van der Waals surface area (Å²) in [4.78, 5) is 28.6. The largest absolute Gasteiger partial charge is 0.350 e. The highest BCUT2D eigenvalue weighted by Crippen LogP contribution is 2.20. The molecule has 0 radical (unpaired) electrons. The molecule has 0 fully saturated rings. The lowest BCUT2D eigenvalue weighted by atomic mass is 10.1. The number of nitrogens with zero attached hydrogens (tertiary/aromatic N) is 1. The Morgan fingerprint density at radius 2 is 1.96 bits per heavy atom. The van der Waals surface area contributed by atoms with Crippen LogP contribution in [0, 0.1) is 6.92 Å². The van der Waals surface area contributed by atoms with Crippen molar-refractivity contribution < 1.29 is 9.59 Å². The maximum absolute atomic E-state index is 12.4. The van der Waals surface area contributed by atoms with Crippen LogP contribution in [0.15, 0.2) is 36.5 Å². The van der Waals surface area contributed by atoms with E-state index in [1.165, 1.54) is 12.3 Å². The molecule has 0 aliphatic rings. The molecule has 2 aromatic rings. The second kappa shape index (κ2) is 7.93. The van der Waals surface area contributed by atoms with Gasteiger partial charge < -0.3 is 10.6 Å². The number of aromatic nitrogens is 1. The molecule has 1 unspecified atom stereocenters. The SMILES string of the molecule is CCC(C)NC(=O)c1ccnc(C(=O)Nc2cc(Cl)ccc2C)c1. The van der Waals surface area contributed by atoms with Crippen LogP contribution in [-0.2, 0) is 0 Å². The first-order valence-electron chi connectivity index (χ1n) is 7.75. The average molecular weight is 346 g/mol. The summed E-state index contributed by atoms with van der Waals surface area (Å²) >= 11 is 5.96. The molecule has 2 amide bonds. The maximum Gasteiger partial charge on any atom is 0.274 e. The van der Waals surface area contributed by atoms with E-state index in [4.69, 9.17) is 11.6 Å². The fourth-order valence-corrected chi connectivity index (χ4v) is 2.19. The van der Waals surface area contributed by atoms with Gasteiger partial charge in [0.1, 0.15) is 5.69 Å². The molecular formula is C18H20ClN3O2. The third-order valence-corrected chi connectivity index (χ3v) is 3.93. The lowest BCUT2D eigenvalue weighted by molar-refractivity contribution is 0.0939. The predicted molar refractivity (Wildman–Crippen MR) is 95.6 cm³/mol. The van der Waals surface area contributed by atoms with Gasteiger partial charge in [-0.3, -0.25) is 14.6 Å². The molecule has 0 aliphatic carbocycles. The number of hydrogen-bond donors (Lipinski definition) is 2. The summed E-state index contributed by atoms with van der Waals surface area (Å²) in [5.74, 6) is -0.613. The highest BCUT2D eigenvalue weighted by Gasteiger charge is 2.14. The number of amides is 2. The molecule has 1 atom stereocenters. The first-order chi connectivity index (χ1) is 11.4. The molecule has 6 heteroatoms. The van der Waals surface area contributed by atoms with Crippen LogP contribution in [0.3, 0.4) is 0 Å². The molecule has 0 saturated heterocycles. The van der Waals surface area contributed by atoms with Gasteiger partial charge >= 0.3 is 0 Å². The number of carbonyl (C=O) groups is 2. The van der Waals surface area contributed by atoms with E-state index in [1.54, 1.807) is 18.2 Å². The van der Waals surface area contributed by atoms with Crippen LogP contribution in [0.1, 0.15) is 46.7 Å². The van der Waals surface area contributed by atoms with Gasteiger partial charge in [-0.25, -0.2) is 0 Å². The number of halogens is 1. The van der Waals surface area contributed by atoms with E-state index in [0.29, 0.717) is 16.3 Å². The summed E-state index contributed by atoms with van der Waals surface area (Å²) in [5, 5.41) is 6.16. The molecule has 0 spiro atoms. The Kier molecular flexibility index (Phi) is 5.93. The molecule has 5 nitrogen and oxygen atoms in total. The van der Waals surface area contributed by atoms with Gasteiger partial charge in [-0.05, 0) is 50.1 Å². The molecule has 126 valence electrons. The van der Waals surface area contributed by atoms with Crippen LogP contribution < -0.4 is 10.6 Å². The van der Waals surface area contributed by atoms with Crippen LogP contribution in [0.25, 0.3) is 0 Å². The van der Waals surface area contributed by atoms with E-state index in [9.17, 15) is 9.59 Å². The van der Waals surface area contributed by atoms with Gasteiger partial charge in [0.2, 0.25) is 0 Å². The zero-order valence-electron chi connectivity index (χ0n) is 13.9. The molecule has 0 bridgehead atoms. The molecule has 24 heavy (non-hydrogen) atoms. The molecule has 2 N–H and O–H groups in total. The highest BCUT2D eigenvalue weighted by molar-refractivity contribution is 6.31. The molecule has 1 heterocycles. The lowest BCUT2D eigenvalue weighted by Gasteiger charge is -2.12. The molecule has 0 saturated carbocycles. The van der Waals surface area contributed by atoms with Crippen molar-refractivity contribution in [1.29, 1.82) is 0 Å². The third-order valence-electron chi connectivity index (χ3n) is 3.69. The van der Waals surface area contributed by atoms with Gasteiger partial charge in [0.05, 0.1) is 0 Å².